The van der Waals surface area contributed by atoms with E-state index in [2.05, 4.69) is 15.3 Å². The number of anilines is 1. The van der Waals surface area contributed by atoms with Crippen molar-refractivity contribution in [3.8, 4) is 0 Å². The van der Waals surface area contributed by atoms with Crippen LogP contribution in [0.4, 0.5) is 5.82 Å². The van der Waals surface area contributed by atoms with Crippen LogP contribution >= 0.6 is 0 Å². The van der Waals surface area contributed by atoms with Crippen LogP contribution in [0.5, 0.6) is 0 Å². The number of rotatable bonds is 1. The molecule has 4 heteroatoms. The minimum Gasteiger partial charge on any atom is -0.346 e. The molecule has 0 aromatic carbocycles. The van der Waals surface area contributed by atoms with Gasteiger partial charge in [0.1, 0.15) is 11.5 Å². The van der Waals surface area contributed by atoms with Gasteiger partial charge in [0, 0.05) is 18.5 Å². The Kier molecular flexibility index (Phi) is 1.73. The van der Waals surface area contributed by atoms with E-state index in [1.807, 2.05) is 18.3 Å². The van der Waals surface area contributed by atoms with Crippen molar-refractivity contribution in [3.63, 3.8) is 0 Å². The molecule has 0 bridgehead atoms. The van der Waals surface area contributed by atoms with E-state index in [0.29, 0.717) is 5.82 Å². The molecule has 2 rings (SSSR count). The van der Waals surface area contributed by atoms with Gasteiger partial charge in [0.25, 0.3) is 0 Å². The largest absolute Gasteiger partial charge is 0.346 e. The SMILES string of the molecule is CC(=O)Nc1ccc2cc[nH]c2n1. The van der Waals surface area contributed by atoms with E-state index in [4.69, 9.17) is 0 Å². The third-order valence-corrected chi connectivity index (χ3v) is 1.71. The first-order chi connectivity index (χ1) is 6.25. The first-order valence-corrected chi connectivity index (χ1v) is 3.97. The number of pyridine rings is 1. The van der Waals surface area contributed by atoms with Gasteiger partial charge in [-0.1, -0.05) is 0 Å². The van der Waals surface area contributed by atoms with Crippen LogP contribution in [0.3, 0.4) is 0 Å². The summed E-state index contributed by atoms with van der Waals surface area (Å²) in [6, 6.07) is 5.61. The summed E-state index contributed by atoms with van der Waals surface area (Å²) in [5.74, 6) is 0.459. The zero-order chi connectivity index (χ0) is 9.26. The van der Waals surface area contributed by atoms with Crippen molar-refractivity contribution in [2.24, 2.45) is 0 Å². The van der Waals surface area contributed by atoms with E-state index in [9.17, 15) is 4.79 Å². The molecule has 1 amide bonds. The fraction of sp³-hybridized carbons (Fsp3) is 0.111. The number of aromatic amines is 1. The number of carbonyl (C=O) groups excluding carboxylic acids is 1. The predicted molar refractivity (Wildman–Crippen MR) is 50.4 cm³/mol. The van der Waals surface area contributed by atoms with Crippen LogP contribution in [0.2, 0.25) is 0 Å². The average molecular weight is 175 g/mol. The summed E-state index contributed by atoms with van der Waals surface area (Å²) in [6.07, 6.45) is 1.81. The van der Waals surface area contributed by atoms with Crippen LogP contribution in [0, 0.1) is 0 Å². The molecule has 0 atom stereocenters. The van der Waals surface area contributed by atoms with Gasteiger partial charge in [-0.15, -0.1) is 0 Å². The number of fused-ring (bicyclic) bond motifs is 1. The molecule has 0 aliphatic rings. The maximum absolute atomic E-state index is 10.7. The standard InChI is InChI=1S/C9H9N3O/c1-6(13)11-8-3-2-7-4-5-10-9(7)12-8/h2-5H,1H3,(H2,10,11,12,13). The van der Waals surface area contributed by atoms with Crippen LogP contribution in [-0.2, 0) is 4.79 Å². The summed E-state index contributed by atoms with van der Waals surface area (Å²) in [5, 5.41) is 3.65. The number of amides is 1. The molecule has 4 nitrogen and oxygen atoms in total. The molecule has 13 heavy (non-hydrogen) atoms. The maximum atomic E-state index is 10.7. The second-order valence-electron chi connectivity index (χ2n) is 2.79. The molecule has 0 spiro atoms. The molecular formula is C9H9N3O. The third kappa shape index (κ3) is 1.51. The number of hydrogen-bond acceptors (Lipinski definition) is 2. The van der Waals surface area contributed by atoms with Crippen molar-refractivity contribution in [2.75, 3.05) is 5.32 Å². The van der Waals surface area contributed by atoms with Crippen LogP contribution in [-0.4, -0.2) is 15.9 Å². The van der Waals surface area contributed by atoms with Gasteiger partial charge in [0.15, 0.2) is 0 Å². The second kappa shape index (κ2) is 2.90. The maximum Gasteiger partial charge on any atom is 0.222 e. The Morgan fingerprint density at radius 3 is 3.08 bits per heavy atom. The van der Waals surface area contributed by atoms with Gasteiger partial charge in [0.05, 0.1) is 0 Å². The zero-order valence-electron chi connectivity index (χ0n) is 7.16. The van der Waals surface area contributed by atoms with Crippen molar-refractivity contribution < 1.29 is 4.79 Å². The van der Waals surface area contributed by atoms with Crippen molar-refractivity contribution in [2.45, 2.75) is 6.92 Å². The van der Waals surface area contributed by atoms with Crippen LogP contribution in [0.15, 0.2) is 24.4 Å². The van der Waals surface area contributed by atoms with Crippen molar-refractivity contribution in [1.29, 1.82) is 0 Å². The highest BCUT2D eigenvalue weighted by Crippen LogP contribution is 2.12. The lowest BCUT2D eigenvalue weighted by atomic mass is 10.3. The smallest absolute Gasteiger partial charge is 0.222 e. The highest BCUT2D eigenvalue weighted by molar-refractivity contribution is 5.89. The summed E-state index contributed by atoms with van der Waals surface area (Å²) in [6.45, 7) is 1.46. The topological polar surface area (TPSA) is 57.8 Å². The summed E-state index contributed by atoms with van der Waals surface area (Å²) in [4.78, 5) is 17.9. The number of H-pyrrole nitrogens is 1. The molecule has 2 aromatic rings. The number of carbonyl (C=O) groups is 1. The lowest BCUT2D eigenvalue weighted by molar-refractivity contribution is -0.114. The minimum absolute atomic E-state index is 0.113. The van der Waals surface area contributed by atoms with E-state index in [1.54, 1.807) is 6.07 Å². The Bertz CT molecular complexity index is 447. The van der Waals surface area contributed by atoms with E-state index in [0.717, 1.165) is 11.0 Å². The molecular weight excluding hydrogens is 166 g/mol. The third-order valence-electron chi connectivity index (χ3n) is 1.71. The lowest BCUT2D eigenvalue weighted by Gasteiger charge is -1.99. The Hall–Kier alpha value is -1.84. The van der Waals surface area contributed by atoms with Gasteiger partial charge >= 0.3 is 0 Å². The molecule has 2 N–H and O–H groups in total. The van der Waals surface area contributed by atoms with Gasteiger partial charge in [-0.05, 0) is 18.2 Å². The second-order valence-corrected chi connectivity index (χ2v) is 2.79. The number of aromatic nitrogens is 2. The van der Waals surface area contributed by atoms with Gasteiger partial charge in [-0.3, -0.25) is 4.79 Å². The van der Waals surface area contributed by atoms with E-state index >= 15 is 0 Å². The number of hydrogen-bond donors (Lipinski definition) is 2. The number of nitrogens with zero attached hydrogens (tertiary/aromatic N) is 1. The zero-order valence-corrected chi connectivity index (χ0v) is 7.16. The molecule has 66 valence electrons. The molecule has 2 aromatic heterocycles. The van der Waals surface area contributed by atoms with Gasteiger partial charge in [-0.25, -0.2) is 4.98 Å². The monoisotopic (exact) mass is 175 g/mol. The molecule has 2 heterocycles. The van der Waals surface area contributed by atoms with Crippen LogP contribution < -0.4 is 5.32 Å². The van der Waals surface area contributed by atoms with E-state index in [-0.39, 0.29) is 5.91 Å². The Labute approximate surface area is 75.0 Å². The Balaban J connectivity index is 2.42. The van der Waals surface area contributed by atoms with E-state index < -0.39 is 0 Å². The molecule has 0 radical (unpaired) electrons. The van der Waals surface area contributed by atoms with Gasteiger partial charge in [-0.2, -0.15) is 0 Å². The quantitative estimate of drug-likeness (QED) is 0.690. The molecule has 0 unspecified atom stereocenters. The summed E-state index contributed by atoms with van der Waals surface area (Å²) >= 11 is 0. The van der Waals surface area contributed by atoms with Crippen LogP contribution in [0.1, 0.15) is 6.92 Å². The van der Waals surface area contributed by atoms with Crippen LogP contribution in [0.25, 0.3) is 11.0 Å². The molecule has 0 saturated carbocycles. The van der Waals surface area contributed by atoms with E-state index in [1.165, 1.54) is 6.92 Å². The Morgan fingerprint density at radius 2 is 2.31 bits per heavy atom. The summed E-state index contributed by atoms with van der Waals surface area (Å²) in [7, 11) is 0. The van der Waals surface area contributed by atoms with Gasteiger partial charge < -0.3 is 10.3 Å². The Morgan fingerprint density at radius 1 is 1.46 bits per heavy atom. The number of nitrogens with one attached hydrogen (secondary N) is 2. The molecule has 0 fully saturated rings. The summed E-state index contributed by atoms with van der Waals surface area (Å²) < 4.78 is 0. The van der Waals surface area contributed by atoms with Crippen molar-refractivity contribution in [3.05, 3.63) is 24.4 Å². The van der Waals surface area contributed by atoms with Crippen molar-refractivity contribution in [1.82, 2.24) is 9.97 Å². The predicted octanol–water partition coefficient (Wildman–Crippen LogP) is 1.52. The van der Waals surface area contributed by atoms with Gasteiger partial charge in [0.2, 0.25) is 5.91 Å². The minimum atomic E-state index is -0.113. The lowest BCUT2D eigenvalue weighted by Crippen LogP contribution is -2.06. The average Bonchev–Trinajstić information content (AvgIpc) is 2.49. The summed E-state index contributed by atoms with van der Waals surface area (Å²) in [5.41, 5.74) is 0.784. The first-order valence-electron chi connectivity index (χ1n) is 3.97. The van der Waals surface area contributed by atoms with Crippen molar-refractivity contribution >= 4 is 22.8 Å². The highest BCUT2D eigenvalue weighted by atomic mass is 16.1. The highest BCUT2D eigenvalue weighted by Gasteiger charge is 1.99. The molecule has 0 aliphatic heterocycles. The molecule has 0 saturated heterocycles. The fourth-order valence-corrected chi connectivity index (χ4v) is 1.18. The fourth-order valence-electron chi connectivity index (χ4n) is 1.18. The first kappa shape index (κ1) is 7.79. The normalized spacial score (nSPS) is 10.2. The molecule has 0 aliphatic carbocycles.